The van der Waals surface area contributed by atoms with Gasteiger partial charge in [-0.05, 0) is 54.3 Å². The largest absolute Gasteiger partial charge is 0.331 e. The van der Waals surface area contributed by atoms with Gasteiger partial charge in [-0.3, -0.25) is 4.79 Å². The molecule has 7 heteroatoms. The number of amides is 1. The Morgan fingerprint density at radius 1 is 1.13 bits per heavy atom. The molecule has 0 bridgehead atoms. The van der Waals surface area contributed by atoms with Gasteiger partial charge in [0.25, 0.3) is 5.91 Å². The van der Waals surface area contributed by atoms with E-state index in [0.717, 1.165) is 12.0 Å². The van der Waals surface area contributed by atoms with E-state index in [1.165, 1.54) is 28.3 Å². The molecule has 0 fully saturated rings. The summed E-state index contributed by atoms with van der Waals surface area (Å²) in [6.07, 6.45) is 0.744. The van der Waals surface area contributed by atoms with Crippen molar-refractivity contribution < 1.29 is 9.18 Å². The van der Waals surface area contributed by atoms with Gasteiger partial charge in [-0.15, -0.1) is 22.7 Å². The van der Waals surface area contributed by atoms with Crippen LogP contribution in [0.3, 0.4) is 0 Å². The summed E-state index contributed by atoms with van der Waals surface area (Å²) in [5, 5.41) is 3.76. The highest BCUT2D eigenvalue weighted by Crippen LogP contribution is 2.37. The Morgan fingerprint density at radius 2 is 1.90 bits per heavy atom. The zero-order chi connectivity index (χ0) is 21.3. The third kappa shape index (κ3) is 4.54. The maximum Gasteiger partial charge on any atom is 0.266 e. The zero-order valence-electron chi connectivity index (χ0n) is 16.1. The van der Waals surface area contributed by atoms with Crippen LogP contribution in [0.1, 0.15) is 27.0 Å². The van der Waals surface area contributed by atoms with Crippen molar-refractivity contribution in [1.82, 2.24) is 4.90 Å². The highest BCUT2D eigenvalue weighted by Gasteiger charge is 2.27. The van der Waals surface area contributed by atoms with Gasteiger partial charge in [0.15, 0.2) is 0 Å². The normalized spacial score (nSPS) is 12.3. The second-order valence-electron chi connectivity index (χ2n) is 7.08. The molecule has 1 amide bonds. The molecule has 0 spiro atoms. The summed E-state index contributed by atoms with van der Waals surface area (Å²) in [7, 11) is 0. The number of fused-ring (bicyclic) bond motifs is 1. The lowest BCUT2D eigenvalue weighted by atomic mass is 10.1. The molecule has 0 saturated heterocycles. The number of halogens is 3. The van der Waals surface area contributed by atoms with Gasteiger partial charge >= 0.3 is 0 Å². The van der Waals surface area contributed by atoms with E-state index < -0.39 is 0 Å². The fourth-order valence-electron chi connectivity index (χ4n) is 3.35. The van der Waals surface area contributed by atoms with Crippen LogP contribution in [0.5, 0.6) is 0 Å². The number of rotatable bonds is 6. The summed E-state index contributed by atoms with van der Waals surface area (Å²) >= 11 is 15.5. The Bertz CT molecular complexity index is 1170. The molecule has 2 aromatic carbocycles. The molecule has 0 saturated carbocycles. The number of nitrogens with zero attached hydrogens (tertiary/aromatic N) is 1. The molecular weight excluding hydrogens is 460 g/mol. The summed E-state index contributed by atoms with van der Waals surface area (Å²) in [6.45, 7) is 2.47. The van der Waals surface area contributed by atoms with Crippen molar-refractivity contribution in [3.05, 3.63) is 91.2 Å². The highest BCUT2D eigenvalue weighted by molar-refractivity contribution is 7.21. The van der Waals surface area contributed by atoms with Crippen molar-refractivity contribution in [1.29, 1.82) is 0 Å². The quantitative estimate of drug-likeness (QED) is 0.278. The topological polar surface area (TPSA) is 20.3 Å². The molecular formula is C23H18Cl2FNOS2. The second kappa shape index (κ2) is 9.06. The van der Waals surface area contributed by atoms with E-state index >= 15 is 0 Å². The second-order valence-corrected chi connectivity index (χ2v) is 9.98. The fraction of sp³-hybridized carbons (Fsp3) is 0.174. The summed E-state index contributed by atoms with van der Waals surface area (Å²) in [5.41, 5.74) is 0.981. The third-order valence-corrected chi connectivity index (χ3v) is 7.72. The number of carbonyl (C=O) groups excluding carboxylic acids is 1. The SMILES string of the molecule is CC(Cc1cccs1)N(Cc1ccc(Cl)cc1)C(=O)c1sc2cc(F)ccc2c1Cl. The Labute approximate surface area is 192 Å². The minimum absolute atomic E-state index is 0.0511. The van der Waals surface area contributed by atoms with Gasteiger partial charge in [-0.25, -0.2) is 4.39 Å². The minimum Gasteiger partial charge on any atom is -0.331 e. The molecule has 1 unspecified atom stereocenters. The van der Waals surface area contributed by atoms with Gasteiger partial charge in [0.2, 0.25) is 0 Å². The molecule has 30 heavy (non-hydrogen) atoms. The zero-order valence-corrected chi connectivity index (χ0v) is 19.2. The Hall–Kier alpha value is -1.92. The molecule has 154 valence electrons. The van der Waals surface area contributed by atoms with E-state index in [9.17, 15) is 9.18 Å². The van der Waals surface area contributed by atoms with E-state index in [-0.39, 0.29) is 17.8 Å². The summed E-state index contributed by atoms with van der Waals surface area (Å²) in [5.74, 6) is -0.496. The number of hydrogen-bond acceptors (Lipinski definition) is 3. The lowest BCUT2D eigenvalue weighted by molar-refractivity contribution is 0.0681. The Kier molecular flexibility index (Phi) is 6.44. The fourth-order valence-corrected chi connectivity index (χ4v) is 5.80. The van der Waals surface area contributed by atoms with Crippen LogP contribution in [0, 0.1) is 5.82 Å². The van der Waals surface area contributed by atoms with Crippen molar-refractivity contribution in [2.24, 2.45) is 0 Å². The highest BCUT2D eigenvalue weighted by atomic mass is 35.5. The maximum atomic E-state index is 13.7. The molecule has 2 heterocycles. The van der Waals surface area contributed by atoms with E-state index in [1.807, 2.05) is 47.5 Å². The summed E-state index contributed by atoms with van der Waals surface area (Å²) in [6, 6.07) is 15.9. The van der Waals surface area contributed by atoms with E-state index in [0.29, 0.717) is 31.6 Å². The molecule has 2 nitrogen and oxygen atoms in total. The van der Waals surface area contributed by atoms with E-state index in [4.69, 9.17) is 23.2 Å². The Morgan fingerprint density at radius 3 is 2.60 bits per heavy atom. The number of hydrogen-bond donors (Lipinski definition) is 0. The molecule has 0 aliphatic carbocycles. The molecule has 4 aromatic rings. The average Bonchev–Trinajstić information content (AvgIpc) is 3.34. The summed E-state index contributed by atoms with van der Waals surface area (Å²) < 4.78 is 14.3. The van der Waals surface area contributed by atoms with Crippen molar-refractivity contribution in [3.8, 4) is 0 Å². The smallest absolute Gasteiger partial charge is 0.266 e. The first-order valence-electron chi connectivity index (χ1n) is 9.37. The van der Waals surface area contributed by atoms with Crippen LogP contribution in [0.2, 0.25) is 10.0 Å². The van der Waals surface area contributed by atoms with Gasteiger partial charge in [-0.2, -0.15) is 0 Å². The standard InChI is InChI=1S/C23H18Cl2FNOS2/c1-14(11-18-3-2-10-29-18)27(13-15-4-6-16(24)7-5-15)23(28)22-21(25)19-9-8-17(26)12-20(19)30-22/h2-10,12,14H,11,13H2,1H3. The Balaban J connectivity index is 1.69. The molecule has 1 atom stereocenters. The van der Waals surface area contributed by atoms with Gasteiger partial charge in [-0.1, -0.05) is 41.4 Å². The van der Waals surface area contributed by atoms with Crippen LogP contribution in [0.4, 0.5) is 4.39 Å². The molecule has 0 radical (unpaired) electrons. The minimum atomic E-state index is -0.344. The molecule has 4 rings (SSSR count). The van der Waals surface area contributed by atoms with Crippen LogP contribution in [-0.4, -0.2) is 16.8 Å². The van der Waals surface area contributed by atoms with Crippen LogP contribution in [0.15, 0.2) is 60.0 Å². The van der Waals surface area contributed by atoms with Gasteiger partial charge in [0, 0.05) is 39.0 Å². The average molecular weight is 478 g/mol. The molecule has 2 aromatic heterocycles. The van der Waals surface area contributed by atoms with Gasteiger partial charge < -0.3 is 4.90 Å². The summed E-state index contributed by atoms with van der Waals surface area (Å²) in [4.78, 5) is 17.1. The molecule has 0 aliphatic heterocycles. The van der Waals surface area contributed by atoms with E-state index in [2.05, 4.69) is 6.07 Å². The number of benzene rings is 2. The van der Waals surface area contributed by atoms with Crippen molar-refractivity contribution in [3.63, 3.8) is 0 Å². The first kappa shape index (κ1) is 21.3. The van der Waals surface area contributed by atoms with Crippen molar-refractivity contribution in [2.75, 3.05) is 0 Å². The number of thiophene rings is 2. The predicted octanol–water partition coefficient (Wildman–Crippen LogP) is 7.68. The molecule has 0 N–H and O–H groups in total. The van der Waals surface area contributed by atoms with Crippen molar-refractivity contribution >= 4 is 61.9 Å². The van der Waals surface area contributed by atoms with Crippen LogP contribution in [-0.2, 0) is 13.0 Å². The van der Waals surface area contributed by atoms with Crippen LogP contribution in [0.25, 0.3) is 10.1 Å². The lowest BCUT2D eigenvalue weighted by Gasteiger charge is -2.29. The first-order valence-corrected chi connectivity index (χ1v) is 11.8. The maximum absolute atomic E-state index is 13.7. The number of carbonyl (C=O) groups is 1. The van der Waals surface area contributed by atoms with Crippen LogP contribution < -0.4 is 0 Å². The third-order valence-electron chi connectivity index (χ3n) is 4.92. The predicted molar refractivity (Wildman–Crippen MR) is 126 cm³/mol. The monoisotopic (exact) mass is 477 g/mol. The van der Waals surface area contributed by atoms with E-state index in [1.54, 1.807) is 17.4 Å². The first-order chi connectivity index (χ1) is 14.4. The van der Waals surface area contributed by atoms with Gasteiger partial charge in [0.1, 0.15) is 10.7 Å². The van der Waals surface area contributed by atoms with Crippen LogP contribution >= 0.6 is 45.9 Å². The van der Waals surface area contributed by atoms with Crippen molar-refractivity contribution in [2.45, 2.75) is 25.9 Å². The van der Waals surface area contributed by atoms with Gasteiger partial charge in [0.05, 0.1) is 5.02 Å². The molecule has 0 aliphatic rings. The lowest BCUT2D eigenvalue weighted by Crippen LogP contribution is -2.39.